The highest BCUT2D eigenvalue weighted by Gasteiger charge is 2.24. The molecule has 1 N–H and O–H groups in total. The van der Waals surface area contributed by atoms with Gasteiger partial charge in [0.2, 0.25) is 0 Å². The number of benzene rings is 2. The van der Waals surface area contributed by atoms with Gasteiger partial charge in [0, 0.05) is 17.6 Å². The lowest BCUT2D eigenvalue weighted by molar-refractivity contribution is -0.122. The van der Waals surface area contributed by atoms with Gasteiger partial charge in [-0.05, 0) is 69.0 Å². The fourth-order valence-corrected chi connectivity index (χ4v) is 4.10. The van der Waals surface area contributed by atoms with Crippen molar-refractivity contribution in [3.63, 3.8) is 0 Å². The number of nitrogens with zero attached hydrogens (tertiary/aromatic N) is 1. The molecule has 0 aliphatic carbocycles. The Labute approximate surface area is 174 Å². The highest BCUT2D eigenvalue weighted by atomic mass is 79.9. The molecule has 28 heavy (non-hydrogen) atoms. The Morgan fingerprint density at radius 2 is 1.71 bits per heavy atom. The molecule has 0 saturated carbocycles. The Bertz CT molecular complexity index is 868. The number of hydrogen-bond acceptors (Lipinski definition) is 3. The fourth-order valence-electron chi connectivity index (χ4n) is 3.42. The number of rotatable bonds is 5. The standard InChI is InChI=1S/C22H25BrN2O3/c1-14-12-17(23)13-15(2)20(14)28-16(3)21(26)24-19-9-5-4-8-18(19)22(27)25-10-6-7-11-25/h4-5,8-9,12-13,16H,6-7,10-11H2,1-3H3,(H,24,26)/t16-/m0/s1. The summed E-state index contributed by atoms with van der Waals surface area (Å²) in [6.07, 6.45) is 1.35. The number of nitrogens with one attached hydrogen (secondary N) is 1. The summed E-state index contributed by atoms with van der Waals surface area (Å²) in [7, 11) is 0. The zero-order chi connectivity index (χ0) is 20.3. The Morgan fingerprint density at radius 3 is 2.36 bits per heavy atom. The summed E-state index contributed by atoms with van der Waals surface area (Å²) in [6.45, 7) is 7.14. The van der Waals surface area contributed by atoms with Crippen LogP contribution >= 0.6 is 15.9 Å². The minimum Gasteiger partial charge on any atom is -0.480 e. The molecule has 1 fully saturated rings. The Hall–Kier alpha value is -2.34. The van der Waals surface area contributed by atoms with Crippen LogP contribution in [0.2, 0.25) is 0 Å². The van der Waals surface area contributed by atoms with E-state index in [2.05, 4.69) is 21.2 Å². The minimum absolute atomic E-state index is 0.0402. The van der Waals surface area contributed by atoms with Gasteiger partial charge in [0.05, 0.1) is 11.3 Å². The van der Waals surface area contributed by atoms with Crippen LogP contribution in [0.25, 0.3) is 0 Å². The molecular weight excluding hydrogens is 420 g/mol. The number of anilines is 1. The van der Waals surface area contributed by atoms with Crippen LogP contribution in [0.3, 0.4) is 0 Å². The van der Waals surface area contributed by atoms with Crippen LogP contribution in [0.1, 0.15) is 41.3 Å². The maximum atomic E-state index is 12.8. The monoisotopic (exact) mass is 444 g/mol. The molecule has 2 aromatic carbocycles. The van der Waals surface area contributed by atoms with E-state index in [0.29, 0.717) is 17.0 Å². The molecule has 148 valence electrons. The predicted molar refractivity (Wildman–Crippen MR) is 114 cm³/mol. The Morgan fingerprint density at radius 1 is 1.11 bits per heavy atom. The number of amides is 2. The van der Waals surface area contributed by atoms with E-state index in [1.807, 2.05) is 43.0 Å². The summed E-state index contributed by atoms with van der Waals surface area (Å²) in [6, 6.07) is 11.0. The molecule has 1 heterocycles. The molecule has 1 saturated heterocycles. The van der Waals surface area contributed by atoms with E-state index in [0.717, 1.165) is 41.5 Å². The van der Waals surface area contributed by atoms with Crippen LogP contribution in [0.5, 0.6) is 5.75 Å². The largest absolute Gasteiger partial charge is 0.480 e. The van der Waals surface area contributed by atoms with Gasteiger partial charge in [0.15, 0.2) is 6.10 Å². The SMILES string of the molecule is Cc1cc(Br)cc(C)c1O[C@@H](C)C(=O)Nc1ccccc1C(=O)N1CCCC1. The predicted octanol–water partition coefficient (Wildman–Crippen LogP) is 4.71. The van der Waals surface area contributed by atoms with Gasteiger partial charge in [0.1, 0.15) is 5.75 Å². The average Bonchev–Trinajstić information content (AvgIpc) is 3.19. The maximum Gasteiger partial charge on any atom is 0.265 e. The molecule has 6 heteroatoms. The van der Waals surface area contributed by atoms with Gasteiger partial charge in [-0.25, -0.2) is 0 Å². The van der Waals surface area contributed by atoms with E-state index < -0.39 is 6.10 Å². The van der Waals surface area contributed by atoms with Crippen molar-refractivity contribution in [2.24, 2.45) is 0 Å². The number of ether oxygens (including phenoxy) is 1. The first kappa shape index (κ1) is 20.4. The first-order valence-corrected chi connectivity index (χ1v) is 10.3. The quantitative estimate of drug-likeness (QED) is 0.726. The number of carbonyl (C=O) groups is 2. The number of carbonyl (C=O) groups excluding carboxylic acids is 2. The van der Waals surface area contributed by atoms with Gasteiger partial charge in [-0.3, -0.25) is 9.59 Å². The molecule has 5 nitrogen and oxygen atoms in total. The van der Waals surface area contributed by atoms with Crippen molar-refractivity contribution in [1.82, 2.24) is 4.90 Å². The number of para-hydroxylation sites is 1. The molecule has 2 amide bonds. The fraction of sp³-hybridized carbons (Fsp3) is 0.364. The lowest BCUT2D eigenvalue weighted by Gasteiger charge is -2.20. The first-order valence-electron chi connectivity index (χ1n) is 9.49. The van der Waals surface area contributed by atoms with E-state index in [9.17, 15) is 9.59 Å². The van der Waals surface area contributed by atoms with Crippen LogP contribution in [0, 0.1) is 13.8 Å². The highest BCUT2D eigenvalue weighted by molar-refractivity contribution is 9.10. The summed E-state index contributed by atoms with van der Waals surface area (Å²) < 4.78 is 6.91. The smallest absolute Gasteiger partial charge is 0.265 e. The third kappa shape index (κ3) is 4.55. The van der Waals surface area contributed by atoms with E-state index in [-0.39, 0.29) is 11.8 Å². The van der Waals surface area contributed by atoms with Crippen molar-refractivity contribution < 1.29 is 14.3 Å². The van der Waals surface area contributed by atoms with Crippen LogP contribution < -0.4 is 10.1 Å². The van der Waals surface area contributed by atoms with Gasteiger partial charge in [0.25, 0.3) is 11.8 Å². The summed E-state index contributed by atoms with van der Waals surface area (Å²) >= 11 is 3.47. The second kappa shape index (κ2) is 8.78. The van der Waals surface area contributed by atoms with Gasteiger partial charge in [-0.15, -0.1) is 0 Å². The summed E-state index contributed by atoms with van der Waals surface area (Å²) in [4.78, 5) is 27.3. The van der Waals surface area contributed by atoms with Gasteiger partial charge in [-0.1, -0.05) is 28.1 Å². The van der Waals surface area contributed by atoms with E-state index in [1.165, 1.54) is 0 Å². The van der Waals surface area contributed by atoms with Crippen molar-refractivity contribution in [2.45, 2.75) is 39.7 Å². The number of likely N-dealkylation sites (tertiary alicyclic amines) is 1. The molecule has 1 atom stereocenters. The normalized spacial score (nSPS) is 14.6. The van der Waals surface area contributed by atoms with Crippen molar-refractivity contribution in [2.75, 3.05) is 18.4 Å². The van der Waals surface area contributed by atoms with Crippen LogP contribution in [-0.2, 0) is 4.79 Å². The lowest BCUT2D eigenvalue weighted by atomic mass is 10.1. The number of hydrogen-bond donors (Lipinski definition) is 1. The van der Waals surface area contributed by atoms with Crippen LogP contribution in [0.15, 0.2) is 40.9 Å². The topological polar surface area (TPSA) is 58.6 Å². The second-order valence-electron chi connectivity index (χ2n) is 7.16. The van der Waals surface area contributed by atoms with Crippen LogP contribution in [0.4, 0.5) is 5.69 Å². The summed E-state index contributed by atoms with van der Waals surface area (Å²) in [5.74, 6) is 0.372. The molecule has 0 unspecified atom stereocenters. The van der Waals surface area contributed by atoms with E-state index in [1.54, 1.807) is 19.1 Å². The molecule has 1 aliphatic rings. The van der Waals surface area contributed by atoms with Crippen molar-refractivity contribution in [3.05, 3.63) is 57.6 Å². The third-order valence-electron chi connectivity index (χ3n) is 4.90. The van der Waals surface area contributed by atoms with Gasteiger partial charge >= 0.3 is 0 Å². The van der Waals surface area contributed by atoms with Crippen molar-refractivity contribution in [1.29, 1.82) is 0 Å². The minimum atomic E-state index is -0.700. The lowest BCUT2D eigenvalue weighted by Crippen LogP contribution is -2.32. The second-order valence-corrected chi connectivity index (χ2v) is 8.08. The maximum absolute atomic E-state index is 12.8. The average molecular weight is 445 g/mol. The summed E-state index contributed by atoms with van der Waals surface area (Å²) in [5.41, 5.74) is 2.94. The Balaban J connectivity index is 1.74. The van der Waals surface area contributed by atoms with Crippen molar-refractivity contribution >= 4 is 33.4 Å². The zero-order valence-electron chi connectivity index (χ0n) is 16.4. The molecule has 0 radical (unpaired) electrons. The molecule has 2 aromatic rings. The van der Waals surface area contributed by atoms with Crippen LogP contribution in [-0.4, -0.2) is 35.9 Å². The highest BCUT2D eigenvalue weighted by Crippen LogP contribution is 2.28. The molecule has 0 spiro atoms. The van der Waals surface area contributed by atoms with Crippen molar-refractivity contribution in [3.8, 4) is 5.75 Å². The molecule has 1 aliphatic heterocycles. The number of aryl methyl sites for hydroxylation is 2. The Kier molecular flexibility index (Phi) is 6.39. The number of halogens is 1. The molecule has 3 rings (SSSR count). The molecular formula is C22H25BrN2O3. The van der Waals surface area contributed by atoms with E-state index in [4.69, 9.17) is 4.74 Å². The van der Waals surface area contributed by atoms with Gasteiger partial charge < -0.3 is 15.0 Å². The molecule has 0 bridgehead atoms. The van der Waals surface area contributed by atoms with Gasteiger partial charge in [-0.2, -0.15) is 0 Å². The summed E-state index contributed by atoms with van der Waals surface area (Å²) in [5, 5.41) is 2.86. The zero-order valence-corrected chi connectivity index (χ0v) is 18.0. The third-order valence-corrected chi connectivity index (χ3v) is 5.36. The first-order chi connectivity index (χ1) is 13.4. The molecule has 0 aromatic heterocycles. The van der Waals surface area contributed by atoms with E-state index >= 15 is 0 Å².